The van der Waals surface area contributed by atoms with E-state index in [2.05, 4.69) is 31.1 Å². The number of piperidine rings is 1. The average Bonchev–Trinajstić information content (AvgIpc) is 2.45. The quantitative estimate of drug-likeness (QED) is 0.856. The standard InChI is InChI=1S/C17H32N2O/c1-17(2)15(14-5-4-12-20-16(14)17)18-9-6-13-7-10-19(3)11-8-13/h13-16,18H,4-12H2,1-3H3. The van der Waals surface area contributed by atoms with E-state index in [0.29, 0.717) is 17.6 Å². The van der Waals surface area contributed by atoms with Crippen LogP contribution in [-0.4, -0.2) is 50.3 Å². The molecule has 116 valence electrons. The Balaban J connectivity index is 1.42. The van der Waals surface area contributed by atoms with Crippen LogP contribution in [0, 0.1) is 17.3 Å². The molecule has 0 aromatic carbocycles. The van der Waals surface area contributed by atoms with Crippen molar-refractivity contribution in [1.82, 2.24) is 10.2 Å². The van der Waals surface area contributed by atoms with E-state index < -0.39 is 0 Å². The molecular weight excluding hydrogens is 248 g/mol. The third-order valence-corrected chi connectivity index (χ3v) is 6.09. The van der Waals surface area contributed by atoms with E-state index in [9.17, 15) is 0 Å². The molecule has 3 aliphatic rings. The lowest BCUT2D eigenvalue weighted by Gasteiger charge is -2.60. The molecule has 3 rings (SSSR count). The van der Waals surface area contributed by atoms with Crippen molar-refractivity contribution in [1.29, 1.82) is 0 Å². The maximum atomic E-state index is 5.98. The summed E-state index contributed by atoms with van der Waals surface area (Å²) in [5, 5.41) is 3.87. The number of fused-ring (bicyclic) bond motifs is 1. The van der Waals surface area contributed by atoms with Gasteiger partial charge in [0.25, 0.3) is 0 Å². The van der Waals surface area contributed by atoms with Crippen molar-refractivity contribution < 1.29 is 4.74 Å². The summed E-state index contributed by atoms with van der Waals surface area (Å²) in [5.74, 6) is 1.72. The number of hydrogen-bond donors (Lipinski definition) is 1. The van der Waals surface area contributed by atoms with Crippen LogP contribution in [-0.2, 0) is 4.74 Å². The van der Waals surface area contributed by atoms with Crippen molar-refractivity contribution in [3.63, 3.8) is 0 Å². The van der Waals surface area contributed by atoms with Crippen LogP contribution in [0.4, 0.5) is 0 Å². The number of ether oxygens (including phenoxy) is 1. The van der Waals surface area contributed by atoms with Gasteiger partial charge in [0.1, 0.15) is 0 Å². The molecule has 2 heterocycles. The Labute approximate surface area is 124 Å². The topological polar surface area (TPSA) is 24.5 Å². The molecule has 1 N–H and O–H groups in total. The summed E-state index contributed by atoms with van der Waals surface area (Å²) in [7, 11) is 2.24. The van der Waals surface area contributed by atoms with Crippen molar-refractivity contribution >= 4 is 0 Å². The largest absolute Gasteiger partial charge is 0.377 e. The smallest absolute Gasteiger partial charge is 0.0684 e. The molecule has 3 heteroatoms. The molecule has 0 aromatic rings. The molecular formula is C17H32N2O. The van der Waals surface area contributed by atoms with Gasteiger partial charge in [0.15, 0.2) is 0 Å². The van der Waals surface area contributed by atoms with Gasteiger partial charge in [-0.1, -0.05) is 13.8 Å². The van der Waals surface area contributed by atoms with E-state index >= 15 is 0 Å². The lowest BCUT2D eigenvalue weighted by atomic mass is 9.55. The van der Waals surface area contributed by atoms with Gasteiger partial charge in [-0.2, -0.15) is 0 Å². The molecule has 0 radical (unpaired) electrons. The summed E-state index contributed by atoms with van der Waals surface area (Å²) in [4.78, 5) is 2.46. The van der Waals surface area contributed by atoms with Gasteiger partial charge in [-0.15, -0.1) is 0 Å². The first-order chi connectivity index (χ1) is 9.59. The number of nitrogens with one attached hydrogen (secondary N) is 1. The fraction of sp³-hybridized carbons (Fsp3) is 1.00. The second-order valence-electron chi connectivity index (χ2n) is 7.89. The van der Waals surface area contributed by atoms with Crippen molar-refractivity contribution in [2.75, 3.05) is 33.3 Å². The zero-order valence-corrected chi connectivity index (χ0v) is 13.5. The molecule has 20 heavy (non-hydrogen) atoms. The van der Waals surface area contributed by atoms with E-state index in [0.717, 1.165) is 18.4 Å². The monoisotopic (exact) mass is 280 g/mol. The van der Waals surface area contributed by atoms with Crippen molar-refractivity contribution in [2.45, 2.75) is 58.1 Å². The molecule has 1 aliphatic carbocycles. The maximum Gasteiger partial charge on any atom is 0.0684 e. The van der Waals surface area contributed by atoms with Gasteiger partial charge in [-0.05, 0) is 64.7 Å². The minimum Gasteiger partial charge on any atom is -0.377 e. The lowest BCUT2D eigenvalue weighted by Crippen LogP contribution is -2.69. The summed E-state index contributed by atoms with van der Waals surface area (Å²) in [6, 6.07) is 0.680. The predicted molar refractivity (Wildman–Crippen MR) is 82.9 cm³/mol. The Morgan fingerprint density at radius 1 is 1.20 bits per heavy atom. The van der Waals surface area contributed by atoms with Gasteiger partial charge in [0.05, 0.1) is 6.10 Å². The van der Waals surface area contributed by atoms with E-state index in [1.807, 2.05) is 0 Å². The second kappa shape index (κ2) is 5.94. The molecule has 3 atom stereocenters. The lowest BCUT2D eigenvalue weighted by molar-refractivity contribution is -0.192. The molecule has 0 aromatic heterocycles. The van der Waals surface area contributed by atoms with Gasteiger partial charge in [0.2, 0.25) is 0 Å². The summed E-state index contributed by atoms with van der Waals surface area (Å²) in [5.41, 5.74) is 0.331. The van der Waals surface area contributed by atoms with Gasteiger partial charge in [-0.25, -0.2) is 0 Å². The normalized spacial score (nSPS) is 38.2. The Bertz CT molecular complexity index is 323. The zero-order chi connectivity index (χ0) is 14.2. The average molecular weight is 280 g/mol. The molecule has 3 unspecified atom stereocenters. The van der Waals surface area contributed by atoms with Crippen LogP contribution in [0.3, 0.4) is 0 Å². The molecule has 0 amide bonds. The minimum atomic E-state index is 0.331. The Morgan fingerprint density at radius 2 is 1.95 bits per heavy atom. The predicted octanol–water partition coefficient (Wildman–Crippen LogP) is 2.51. The van der Waals surface area contributed by atoms with Crippen LogP contribution in [0.25, 0.3) is 0 Å². The van der Waals surface area contributed by atoms with E-state index in [1.54, 1.807) is 0 Å². The zero-order valence-electron chi connectivity index (χ0n) is 13.5. The molecule has 3 fully saturated rings. The molecule has 2 saturated heterocycles. The number of nitrogens with zero attached hydrogens (tertiary/aromatic N) is 1. The first kappa shape index (κ1) is 14.8. The van der Waals surface area contributed by atoms with Gasteiger partial charge in [0, 0.05) is 24.0 Å². The van der Waals surface area contributed by atoms with Crippen LogP contribution in [0.5, 0.6) is 0 Å². The highest BCUT2D eigenvalue weighted by Crippen LogP contribution is 2.51. The summed E-state index contributed by atoms with van der Waals surface area (Å²) in [6.07, 6.45) is 7.27. The van der Waals surface area contributed by atoms with Gasteiger partial charge < -0.3 is 15.0 Å². The Kier molecular flexibility index (Phi) is 4.40. The molecule has 0 spiro atoms. The highest BCUT2D eigenvalue weighted by Gasteiger charge is 2.57. The number of rotatable bonds is 4. The third kappa shape index (κ3) is 2.77. The molecule has 2 aliphatic heterocycles. The van der Waals surface area contributed by atoms with Crippen molar-refractivity contribution in [3.05, 3.63) is 0 Å². The van der Waals surface area contributed by atoms with Crippen LogP contribution < -0.4 is 5.32 Å². The number of likely N-dealkylation sites (tertiary alicyclic amines) is 1. The first-order valence-corrected chi connectivity index (χ1v) is 8.62. The van der Waals surface area contributed by atoms with Crippen LogP contribution in [0.1, 0.15) is 46.0 Å². The van der Waals surface area contributed by atoms with Crippen LogP contribution in [0.15, 0.2) is 0 Å². The van der Waals surface area contributed by atoms with Crippen LogP contribution in [0.2, 0.25) is 0 Å². The maximum absolute atomic E-state index is 5.98. The summed E-state index contributed by atoms with van der Waals surface area (Å²) >= 11 is 0. The SMILES string of the molecule is CN1CCC(CCNC2C3CCCOC3C2(C)C)CC1. The fourth-order valence-corrected chi connectivity index (χ4v) is 4.73. The molecule has 1 saturated carbocycles. The highest BCUT2D eigenvalue weighted by molar-refractivity contribution is 5.10. The fourth-order valence-electron chi connectivity index (χ4n) is 4.73. The molecule has 3 nitrogen and oxygen atoms in total. The first-order valence-electron chi connectivity index (χ1n) is 8.62. The van der Waals surface area contributed by atoms with E-state index in [1.165, 1.54) is 51.7 Å². The van der Waals surface area contributed by atoms with E-state index in [-0.39, 0.29) is 0 Å². The summed E-state index contributed by atoms with van der Waals surface area (Å²) in [6.45, 7) is 9.52. The minimum absolute atomic E-state index is 0.331. The number of hydrogen-bond acceptors (Lipinski definition) is 3. The Morgan fingerprint density at radius 3 is 2.70 bits per heavy atom. The third-order valence-electron chi connectivity index (χ3n) is 6.09. The van der Waals surface area contributed by atoms with E-state index in [4.69, 9.17) is 4.74 Å². The van der Waals surface area contributed by atoms with Crippen LogP contribution >= 0.6 is 0 Å². The second-order valence-corrected chi connectivity index (χ2v) is 7.89. The van der Waals surface area contributed by atoms with Crippen molar-refractivity contribution in [3.8, 4) is 0 Å². The highest BCUT2D eigenvalue weighted by atomic mass is 16.5. The van der Waals surface area contributed by atoms with Crippen molar-refractivity contribution in [2.24, 2.45) is 17.3 Å². The molecule has 0 bridgehead atoms. The van der Waals surface area contributed by atoms with Gasteiger partial charge >= 0.3 is 0 Å². The van der Waals surface area contributed by atoms with Gasteiger partial charge in [-0.3, -0.25) is 0 Å². The Hall–Kier alpha value is -0.120. The summed E-state index contributed by atoms with van der Waals surface area (Å²) < 4.78 is 5.98.